The van der Waals surface area contributed by atoms with Crippen LogP contribution in [0.5, 0.6) is 0 Å². The van der Waals surface area contributed by atoms with Crippen molar-refractivity contribution in [2.75, 3.05) is 33.4 Å². The van der Waals surface area contributed by atoms with Gasteiger partial charge in [-0.25, -0.2) is 0 Å². The van der Waals surface area contributed by atoms with Crippen LogP contribution >= 0.6 is 0 Å². The minimum Gasteiger partial charge on any atom is -0.383 e. The van der Waals surface area contributed by atoms with Gasteiger partial charge in [-0.05, 0) is 11.6 Å². The Balaban J connectivity index is 2.33. The van der Waals surface area contributed by atoms with Crippen molar-refractivity contribution in [3.8, 4) is 0 Å². The first-order valence-corrected chi connectivity index (χ1v) is 6.11. The first kappa shape index (κ1) is 15.9. The van der Waals surface area contributed by atoms with Gasteiger partial charge in [0.1, 0.15) is 0 Å². The fraction of sp³-hybridized carbons (Fsp3) is 0.538. The van der Waals surface area contributed by atoms with Gasteiger partial charge in [-0.1, -0.05) is 18.2 Å². The van der Waals surface area contributed by atoms with E-state index < -0.39 is 11.7 Å². The van der Waals surface area contributed by atoms with E-state index in [9.17, 15) is 13.2 Å². The monoisotopic (exact) mass is 276 g/mol. The summed E-state index contributed by atoms with van der Waals surface area (Å²) in [5.74, 6) is 0. The SMILES string of the molecule is COCCNCCNCc1ccccc1C(F)(F)F. The number of hydrogen-bond donors (Lipinski definition) is 2. The highest BCUT2D eigenvalue weighted by atomic mass is 19.4. The van der Waals surface area contributed by atoms with Crippen molar-refractivity contribution < 1.29 is 17.9 Å². The van der Waals surface area contributed by atoms with Gasteiger partial charge in [0.25, 0.3) is 0 Å². The number of halogens is 3. The summed E-state index contributed by atoms with van der Waals surface area (Å²) in [5.41, 5.74) is -0.304. The molecule has 0 fully saturated rings. The van der Waals surface area contributed by atoms with Crippen LogP contribution in [0.25, 0.3) is 0 Å². The Kier molecular flexibility index (Phi) is 6.83. The van der Waals surface area contributed by atoms with Crippen molar-refractivity contribution in [2.24, 2.45) is 0 Å². The van der Waals surface area contributed by atoms with Crippen LogP contribution in [-0.2, 0) is 17.5 Å². The zero-order valence-electron chi connectivity index (χ0n) is 10.9. The molecule has 1 aromatic rings. The summed E-state index contributed by atoms with van der Waals surface area (Å²) in [6, 6.07) is 5.61. The van der Waals surface area contributed by atoms with Gasteiger partial charge >= 0.3 is 6.18 Å². The number of benzene rings is 1. The molecule has 0 aliphatic heterocycles. The van der Waals surface area contributed by atoms with Crippen LogP contribution in [0, 0.1) is 0 Å². The summed E-state index contributed by atoms with van der Waals surface area (Å²) >= 11 is 0. The summed E-state index contributed by atoms with van der Waals surface area (Å²) in [7, 11) is 1.62. The Labute approximate surface area is 111 Å². The van der Waals surface area contributed by atoms with E-state index in [1.165, 1.54) is 12.1 Å². The predicted molar refractivity (Wildman–Crippen MR) is 67.9 cm³/mol. The van der Waals surface area contributed by atoms with E-state index in [4.69, 9.17) is 4.74 Å². The van der Waals surface area contributed by atoms with E-state index in [0.717, 1.165) is 12.6 Å². The van der Waals surface area contributed by atoms with Crippen molar-refractivity contribution in [3.05, 3.63) is 35.4 Å². The normalized spacial score (nSPS) is 11.8. The van der Waals surface area contributed by atoms with Gasteiger partial charge in [-0.15, -0.1) is 0 Å². The molecule has 0 saturated carbocycles. The Morgan fingerprint density at radius 1 is 1.05 bits per heavy atom. The summed E-state index contributed by atoms with van der Waals surface area (Å²) in [5, 5.41) is 6.10. The standard InChI is InChI=1S/C13H19F3N2O/c1-19-9-8-17-6-7-18-10-11-4-2-3-5-12(11)13(14,15)16/h2-5,17-18H,6-10H2,1H3. The van der Waals surface area contributed by atoms with Gasteiger partial charge < -0.3 is 15.4 Å². The second-order valence-corrected chi connectivity index (χ2v) is 4.07. The molecule has 2 N–H and O–H groups in total. The van der Waals surface area contributed by atoms with E-state index in [2.05, 4.69) is 10.6 Å². The Morgan fingerprint density at radius 2 is 1.74 bits per heavy atom. The molecule has 19 heavy (non-hydrogen) atoms. The first-order valence-electron chi connectivity index (χ1n) is 6.11. The molecule has 3 nitrogen and oxygen atoms in total. The smallest absolute Gasteiger partial charge is 0.383 e. The largest absolute Gasteiger partial charge is 0.416 e. The van der Waals surface area contributed by atoms with E-state index in [-0.39, 0.29) is 12.1 Å². The Morgan fingerprint density at radius 3 is 2.42 bits per heavy atom. The van der Waals surface area contributed by atoms with Crippen LogP contribution < -0.4 is 10.6 Å². The fourth-order valence-corrected chi connectivity index (χ4v) is 1.65. The third kappa shape index (κ3) is 6.04. The molecule has 108 valence electrons. The number of rotatable bonds is 8. The van der Waals surface area contributed by atoms with Crippen LogP contribution in [0.1, 0.15) is 11.1 Å². The van der Waals surface area contributed by atoms with E-state index in [0.29, 0.717) is 19.7 Å². The predicted octanol–water partition coefficient (Wildman–Crippen LogP) is 2.03. The number of ether oxygens (including phenoxy) is 1. The summed E-state index contributed by atoms with van der Waals surface area (Å²) < 4.78 is 43.0. The maximum Gasteiger partial charge on any atom is 0.416 e. The lowest BCUT2D eigenvalue weighted by molar-refractivity contribution is -0.138. The molecule has 0 bridgehead atoms. The molecule has 0 aromatic heterocycles. The van der Waals surface area contributed by atoms with Crippen molar-refractivity contribution in [3.63, 3.8) is 0 Å². The van der Waals surface area contributed by atoms with Gasteiger partial charge in [-0.2, -0.15) is 13.2 Å². The van der Waals surface area contributed by atoms with Crippen LogP contribution in [0.4, 0.5) is 13.2 Å². The van der Waals surface area contributed by atoms with E-state index >= 15 is 0 Å². The molecular weight excluding hydrogens is 257 g/mol. The average Bonchev–Trinajstić information content (AvgIpc) is 2.37. The van der Waals surface area contributed by atoms with E-state index in [1.807, 2.05) is 0 Å². The molecule has 1 rings (SSSR count). The van der Waals surface area contributed by atoms with Gasteiger partial charge in [0.2, 0.25) is 0 Å². The molecule has 0 aliphatic carbocycles. The topological polar surface area (TPSA) is 33.3 Å². The van der Waals surface area contributed by atoms with Gasteiger partial charge in [0.05, 0.1) is 12.2 Å². The minimum absolute atomic E-state index is 0.210. The number of alkyl halides is 3. The zero-order chi connectivity index (χ0) is 14.1. The molecule has 0 unspecified atom stereocenters. The van der Waals surface area contributed by atoms with Gasteiger partial charge in [0, 0.05) is 33.3 Å². The number of methoxy groups -OCH3 is 1. The maximum absolute atomic E-state index is 12.7. The van der Waals surface area contributed by atoms with Crippen molar-refractivity contribution in [1.29, 1.82) is 0 Å². The summed E-state index contributed by atoms with van der Waals surface area (Å²) in [4.78, 5) is 0. The lowest BCUT2D eigenvalue weighted by Crippen LogP contribution is -2.29. The highest BCUT2D eigenvalue weighted by Crippen LogP contribution is 2.31. The minimum atomic E-state index is -4.30. The zero-order valence-corrected chi connectivity index (χ0v) is 10.9. The molecule has 1 aromatic carbocycles. The van der Waals surface area contributed by atoms with Gasteiger partial charge in [0.15, 0.2) is 0 Å². The van der Waals surface area contributed by atoms with Crippen molar-refractivity contribution >= 4 is 0 Å². The molecule has 0 saturated heterocycles. The molecule has 0 heterocycles. The lowest BCUT2D eigenvalue weighted by Gasteiger charge is -2.13. The molecule has 0 amide bonds. The van der Waals surface area contributed by atoms with Gasteiger partial charge in [-0.3, -0.25) is 0 Å². The van der Waals surface area contributed by atoms with Crippen LogP contribution in [-0.4, -0.2) is 33.4 Å². The van der Waals surface area contributed by atoms with Crippen LogP contribution in [0.3, 0.4) is 0 Å². The van der Waals surface area contributed by atoms with Crippen LogP contribution in [0.15, 0.2) is 24.3 Å². The molecule has 0 radical (unpaired) electrons. The quantitative estimate of drug-likeness (QED) is 0.713. The Bertz CT molecular complexity index is 369. The number of nitrogens with one attached hydrogen (secondary N) is 2. The highest BCUT2D eigenvalue weighted by molar-refractivity contribution is 5.29. The molecular formula is C13H19F3N2O. The maximum atomic E-state index is 12.7. The van der Waals surface area contributed by atoms with Crippen molar-refractivity contribution in [1.82, 2.24) is 10.6 Å². The third-order valence-corrected chi connectivity index (χ3v) is 2.60. The molecule has 0 atom stereocenters. The highest BCUT2D eigenvalue weighted by Gasteiger charge is 2.32. The molecule has 6 heteroatoms. The van der Waals surface area contributed by atoms with Crippen molar-refractivity contribution in [2.45, 2.75) is 12.7 Å². The third-order valence-electron chi connectivity index (χ3n) is 2.60. The molecule has 0 spiro atoms. The fourth-order valence-electron chi connectivity index (χ4n) is 1.65. The lowest BCUT2D eigenvalue weighted by atomic mass is 10.1. The van der Waals surface area contributed by atoms with E-state index in [1.54, 1.807) is 13.2 Å². The first-order chi connectivity index (χ1) is 9.05. The second kappa shape index (κ2) is 8.14. The summed E-state index contributed by atoms with van der Waals surface area (Å²) in [6.07, 6.45) is -4.30. The van der Waals surface area contributed by atoms with Crippen LogP contribution in [0.2, 0.25) is 0 Å². The second-order valence-electron chi connectivity index (χ2n) is 4.07. The average molecular weight is 276 g/mol. The summed E-state index contributed by atoms with van der Waals surface area (Å²) in [6.45, 7) is 2.86. The Hall–Kier alpha value is -1.11. The number of hydrogen-bond acceptors (Lipinski definition) is 3. The molecule has 0 aliphatic rings.